The average Bonchev–Trinajstić information content (AvgIpc) is 2.61. The molecule has 0 aliphatic carbocycles. The van der Waals surface area contributed by atoms with E-state index < -0.39 is 29.8 Å². The summed E-state index contributed by atoms with van der Waals surface area (Å²) in [5, 5.41) is 10.6. The SMILES string of the molecule is O=C1NC(O)(C(F)(F)F)C(=O)N2CCCC12. The number of alkyl halides is 3. The molecule has 16 heavy (non-hydrogen) atoms. The van der Waals surface area contributed by atoms with Crippen molar-refractivity contribution >= 4 is 11.8 Å². The van der Waals surface area contributed by atoms with Crippen molar-refractivity contribution in [2.45, 2.75) is 30.8 Å². The van der Waals surface area contributed by atoms with E-state index in [0.717, 1.165) is 4.90 Å². The standard InChI is InChI=1S/C8H9F3N2O3/c9-8(10,11)7(16)6(15)13-3-1-2-4(13)5(14)12-7/h4,16H,1-3H2,(H,12,14). The minimum absolute atomic E-state index is 0.0648. The van der Waals surface area contributed by atoms with Crippen LogP contribution in [0.25, 0.3) is 0 Å². The van der Waals surface area contributed by atoms with Gasteiger partial charge in [0.1, 0.15) is 6.04 Å². The second-order valence-electron chi connectivity index (χ2n) is 3.85. The van der Waals surface area contributed by atoms with Crippen LogP contribution in [0.1, 0.15) is 12.8 Å². The molecule has 2 heterocycles. The van der Waals surface area contributed by atoms with Gasteiger partial charge < -0.3 is 15.3 Å². The van der Waals surface area contributed by atoms with E-state index >= 15 is 0 Å². The maximum absolute atomic E-state index is 12.5. The van der Waals surface area contributed by atoms with Gasteiger partial charge in [-0.05, 0) is 12.8 Å². The molecule has 2 fully saturated rings. The number of carbonyl (C=O) groups excluding carboxylic acids is 2. The van der Waals surface area contributed by atoms with E-state index in [9.17, 15) is 27.9 Å². The van der Waals surface area contributed by atoms with Gasteiger partial charge in [-0.15, -0.1) is 0 Å². The van der Waals surface area contributed by atoms with Gasteiger partial charge in [-0.1, -0.05) is 0 Å². The summed E-state index contributed by atoms with van der Waals surface area (Å²) in [6.07, 6.45) is -4.43. The normalized spacial score (nSPS) is 35.0. The lowest BCUT2D eigenvalue weighted by Crippen LogP contribution is -2.74. The molecular weight excluding hydrogens is 229 g/mol. The van der Waals surface area contributed by atoms with Crippen LogP contribution < -0.4 is 5.32 Å². The highest BCUT2D eigenvalue weighted by Crippen LogP contribution is 2.35. The molecule has 2 unspecified atom stereocenters. The molecule has 2 atom stereocenters. The summed E-state index contributed by atoms with van der Waals surface area (Å²) in [6.45, 7) is 0.0648. The van der Waals surface area contributed by atoms with Crippen molar-refractivity contribution in [3.8, 4) is 0 Å². The molecule has 0 aromatic rings. The summed E-state index contributed by atoms with van der Waals surface area (Å²) in [6, 6.07) is -0.880. The zero-order valence-electron chi connectivity index (χ0n) is 8.04. The number of piperazine rings is 1. The molecule has 5 nitrogen and oxygen atoms in total. The van der Waals surface area contributed by atoms with Gasteiger partial charge in [0, 0.05) is 6.54 Å². The van der Waals surface area contributed by atoms with Gasteiger partial charge in [0.15, 0.2) is 0 Å². The summed E-state index contributed by atoms with van der Waals surface area (Å²) >= 11 is 0. The maximum atomic E-state index is 12.5. The topological polar surface area (TPSA) is 69.6 Å². The Labute approximate surface area is 88.2 Å². The third kappa shape index (κ3) is 1.29. The van der Waals surface area contributed by atoms with Gasteiger partial charge >= 0.3 is 11.9 Å². The van der Waals surface area contributed by atoms with Crippen molar-refractivity contribution in [3.63, 3.8) is 0 Å². The summed E-state index contributed by atoms with van der Waals surface area (Å²) < 4.78 is 37.5. The average molecular weight is 238 g/mol. The third-order valence-electron chi connectivity index (χ3n) is 2.84. The molecule has 90 valence electrons. The van der Waals surface area contributed by atoms with Crippen molar-refractivity contribution < 1.29 is 27.9 Å². The fourth-order valence-corrected chi connectivity index (χ4v) is 2.00. The lowest BCUT2D eigenvalue weighted by Gasteiger charge is -2.40. The van der Waals surface area contributed by atoms with Crippen LogP contribution in [0.15, 0.2) is 0 Å². The monoisotopic (exact) mass is 238 g/mol. The molecule has 0 spiro atoms. The highest BCUT2D eigenvalue weighted by Gasteiger charge is 2.66. The predicted molar refractivity (Wildman–Crippen MR) is 43.9 cm³/mol. The van der Waals surface area contributed by atoms with E-state index in [1.165, 1.54) is 5.32 Å². The zero-order valence-corrected chi connectivity index (χ0v) is 8.04. The number of rotatable bonds is 0. The molecule has 0 radical (unpaired) electrons. The minimum atomic E-state index is -5.21. The first-order valence-corrected chi connectivity index (χ1v) is 4.69. The second kappa shape index (κ2) is 3.09. The molecule has 0 bridgehead atoms. The number of amides is 2. The van der Waals surface area contributed by atoms with E-state index in [1.54, 1.807) is 0 Å². The van der Waals surface area contributed by atoms with Crippen LogP contribution >= 0.6 is 0 Å². The summed E-state index contributed by atoms with van der Waals surface area (Å²) in [7, 11) is 0. The molecule has 2 rings (SSSR count). The summed E-state index contributed by atoms with van der Waals surface area (Å²) in [5.41, 5.74) is -3.77. The predicted octanol–water partition coefficient (Wildman–Crippen LogP) is -0.642. The van der Waals surface area contributed by atoms with Crippen LogP contribution in [0.2, 0.25) is 0 Å². The van der Waals surface area contributed by atoms with Gasteiger partial charge in [0.25, 0.3) is 5.91 Å². The number of hydrogen-bond acceptors (Lipinski definition) is 3. The molecule has 0 aromatic heterocycles. The quantitative estimate of drug-likeness (QED) is 0.589. The van der Waals surface area contributed by atoms with Crippen molar-refractivity contribution in [2.75, 3.05) is 6.54 Å². The smallest absolute Gasteiger partial charge is 0.356 e. The van der Waals surface area contributed by atoms with E-state index in [1.807, 2.05) is 0 Å². The molecule has 2 amide bonds. The first kappa shape index (κ1) is 11.2. The molecule has 2 N–H and O–H groups in total. The number of fused-ring (bicyclic) bond motifs is 1. The summed E-state index contributed by atoms with van der Waals surface area (Å²) in [4.78, 5) is 23.6. The first-order valence-electron chi connectivity index (χ1n) is 4.69. The molecule has 0 aromatic carbocycles. The van der Waals surface area contributed by atoms with Crippen molar-refractivity contribution in [2.24, 2.45) is 0 Å². The lowest BCUT2D eigenvalue weighted by atomic mass is 10.0. The van der Waals surface area contributed by atoms with E-state index in [4.69, 9.17) is 0 Å². The molecule has 2 aliphatic rings. The number of hydrogen-bond donors (Lipinski definition) is 2. The van der Waals surface area contributed by atoms with E-state index in [-0.39, 0.29) is 6.54 Å². The zero-order chi connectivity index (χ0) is 12.1. The summed E-state index contributed by atoms with van der Waals surface area (Å²) in [5.74, 6) is -2.46. The number of nitrogens with zero attached hydrogens (tertiary/aromatic N) is 1. The van der Waals surface area contributed by atoms with E-state index in [2.05, 4.69) is 0 Å². The molecule has 2 aliphatic heterocycles. The Bertz CT molecular complexity index is 357. The first-order chi connectivity index (χ1) is 7.27. The molecule has 0 saturated carbocycles. The Morgan fingerprint density at radius 2 is 2.06 bits per heavy atom. The van der Waals surface area contributed by atoms with Crippen molar-refractivity contribution in [1.82, 2.24) is 10.2 Å². The third-order valence-corrected chi connectivity index (χ3v) is 2.84. The lowest BCUT2D eigenvalue weighted by molar-refractivity contribution is -0.270. The molecule has 2 saturated heterocycles. The van der Waals surface area contributed by atoms with Gasteiger partial charge in [0.2, 0.25) is 5.91 Å². The van der Waals surface area contributed by atoms with Crippen LogP contribution in [0.5, 0.6) is 0 Å². The molecular formula is C8H9F3N2O3. The van der Waals surface area contributed by atoms with Crippen LogP contribution in [-0.2, 0) is 9.59 Å². The number of carbonyl (C=O) groups is 2. The largest absolute Gasteiger partial charge is 0.446 e. The van der Waals surface area contributed by atoms with Gasteiger partial charge in [0.05, 0.1) is 0 Å². The van der Waals surface area contributed by atoms with E-state index in [0.29, 0.717) is 12.8 Å². The number of nitrogens with one attached hydrogen (secondary N) is 1. The van der Waals surface area contributed by atoms with Crippen LogP contribution in [0, 0.1) is 0 Å². The Morgan fingerprint density at radius 1 is 1.44 bits per heavy atom. The van der Waals surface area contributed by atoms with Crippen molar-refractivity contribution in [1.29, 1.82) is 0 Å². The Hall–Kier alpha value is -1.31. The van der Waals surface area contributed by atoms with Gasteiger partial charge in [-0.3, -0.25) is 9.59 Å². The van der Waals surface area contributed by atoms with Crippen LogP contribution in [0.4, 0.5) is 13.2 Å². The fourth-order valence-electron chi connectivity index (χ4n) is 2.00. The van der Waals surface area contributed by atoms with Gasteiger partial charge in [-0.25, -0.2) is 0 Å². The fraction of sp³-hybridized carbons (Fsp3) is 0.750. The number of aliphatic hydroxyl groups is 1. The van der Waals surface area contributed by atoms with Gasteiger partial charge in [-0.2, -0.15) is 13.2 Å². The number of halogens is 3. The Morgan fingerprint density at radius 3 is 2.62 bits per heavy atom. The highest BCUT2D eigenvalue weighted by molar-refractivity contribution is 5.99. The maximum Gasteiger partial charge on any atom is 0.446 e. The Kier molecular flexibility index (Phi) is 2.16. The Balaban J connectivity index is 2.37. The molecule has 8 heteroatoms. The second-order valence-corrected chi connectivity index (χ2v) is 3.85. The van der Waals surface area contributed by atoms with Crippen molar-refractivity contribution in [3.05, 3.63) is 0 Å². The minimum Gasteiger partial charge on any atom is -0.356 e. The van der Waals surface area contributed by atoms with Crippen LogP contribution in [-0.4, -0.2) is 46.3 Å². The highest BCUT2D eigenvalue weighted by atomic mass is 19.4. The van der Waals surface area contributed by atoms with Crippen LogP contribution in [0.3, 0.4) is 0 Å².